The summed E-state index contributed by atoms with van der Waals surface area (Å²) in [5.74, 6) is 0.868. The molecule has 0 bridgehead atoms. The van der Waals surface area contributed by atoms with Crippen LogP contribution in [0.5, 0.6) is 0 Å². The van der Waals surface area contributed by atoms with Gasteiger partial charge in [0.15, 0.2) is 5.13 Å². The van der Waals surface area contributed by atoms with E-state index in [9.17, 15) is 4.79 Å². The second-order valence-electron chi connectivity index (χ2n) is 6.89. The molecule has 3 heterocycles. The third-order valence-corrected chi connectivity index (χ3v) is 5.47. The summed E-state index contributed by atoms with van der Waals surface area (Å²) in [6.07, 6.45) is 2.35. The first-order valence-corrected chi connectivity index (χ1v) is 10.0. The Hall–Kier alpha value is -2.73. The molecule has 4 rings (SSSR count). The number of amides is 1. The number of nitrogens with one attached hydrogen (secondary N) is 1. The lowest BCUT2D eigenvalue weighted by Gasteiger charge is -2.29. The Morgan fingerprint density at radius 3 is 2.96 bits per heavy atom. The number of fused-ring (bicyclic) bond motifs is 1. The molecule has 1 aliphatic heterocycles. The van der Waals surface area contributed by atoms with E-state index in [2.05, 4.69) is 40.4 Å². The van der Waals surface area contributed by atoms with Gasteiger partial charge in [0.1, 0.15) is 5.82 Å². The average Bonchev–Trinajstić information content (AvgIpc) is 3.07. The number of carbonyl (C=O) groups excluding carboxylic acids is 1. The Labute approximate surface area is 163 Å². The quantitative estimate of drug-likeness (QED) is 0.730. The summed E-state index contributed by atoms with van der Waals surface area (Å²) in [6, 6.07) is 12.1. The molecule has 0 fully saturated rings. The number of thiazole rings is 1. The molecule has 0 atom stereocenters. The van der Waals surface area contributed by atoms with E-state index in [0.29, 0.717) is 6.42 Å². The van der Waals surface area contributed by atoms with Gasteiger partial charge in [-0.3, -0.25) is 4.79 Å². The Morgan fingerprint density at radius 1 is 1.22 bits per heavy atom. The van der Waals surface area contributed by atoms with Crippen LogP contribution in [0.15, 0.2) is 41.8 Å². The van der Waals surface area contributed by atoms with E-state index in [1.54, 1.807) is 0 Å². The minimum Gasteiger partial charge on any atom is -0.316 e. The van der Waals surface area contributed by atoms with Crippen molar-refractivity contribution in [1.29, 1.82) is 0 Å². The molecule has 3 aromatic rings. The molecule has 6 heteroatoms. The Balaban J connectivity index is 1.46. The largest absolute Gasteiger partial charge is 0.316 e. The van der Waals surface area contributed by atoms with Crippen LogP contribution in [0.25, 0.3) is 0 Å². The van der Waals surface area contributed by atoms with Gasteiger partial charge in [-0.2, -0.15) is 0 Å². The third kappa shape index (κ3) is 4.01. The standard InChI is InChI=1S/C21H22N4OS/c1-14-8-9-18-16(11-14)6-4-10-25(18)20(26)12-17-13-27-21(23-17)24-19-7-3-5-15(2)22-19/h3,5,7-9,11,13H,4,6,10,12H2,1-2H3,(H,22,23,24). The van der Waals surface area contributed by atoms with Crippen LogP contribution in [0.3, 0.4) is 0 Å². The van der Waals surface area contributed by atoms with Gasteiger partial charge in [-0.05, 0) is 50.5 Å². The summed E-state index contributed by atoms with van der Waals surface area (Å²) in [5.41, 5.74) is 5.29. The fraction of sp³-hybridized carbons (Fsp3) is 0.286. The first-order chi connectivity index (χ1) is 13.1. The molecule has 5 nitrogen and oxygen atoms in total. The summed E-state index contributed by atoms with van der Waals surface area (Å²) < 4.78 is 0. The van der Waals surface area contributed by atoms with Crippen LogP contribution in [0.2, 0.25) is 0 Å². The number of nitrogens with zero attached hydrogens (tertiary/aromatic N) is 3. The Bertz CT molecular complexity index is 982. The van der Waals surface area contributed by atoms with Crippen LogP contribution in [-0.4, -0.2) is 22.4 Å². The number of aromatic nitrogens is 2. The first-order valence-electron chi connectivity index (χ1n) is 9.13. The molecule has 1 aliphatic rings. The highest BCUT2D eigenvalue weighted by Gasteiger charge is 2.23. The fourth-order valence-electron chi connectivity index (χ4n) is 3.40. The van der Waals surface area contributed by atoms with Crippen LogP contribution in [-0.2, 0) is 17.6 Å². The molecule has 0 saturated carbocycles. The highest BCUT2D eigenvalue weighted by atomic mass is 32.1. The highest BCUT2D eigenvalue weighted by Crippen LogP contribution is 2.29. The van der Waals surface area contributed by atoms with E-state index in [1.165, 1.54) is 22.5 Å². The predicted molar refractivity (Wildman–Crippen MR) is 110 cm³/mol. The van der Waals surface area contributed by atoms with Crippen molar-refractivity contribution < 1.29 is 4.79 Å². The lowest BCUT2D eigenvalue weighted by molar-refractivity contribution is -0.118. The van der Waals surface area contributed by atoms with E-state index in [4.69, 9.17) is 0 Å². The van der Waals surface area contributed by atoms with Crippen molar-refractivity contribution in [2.45, 2.75) is 33.1 Å². The summed E-state index contributed by atoms with van der Waals surface area (Å²) in [7, 11) is 0. The van der Waals surface area contributed by atoms with Crippen LogP contribution >= 0.6 is 11.3 Å². The molecule has 1 aromatic carbocycles. The topological polar surface area (TPSA) is 58.1 Å². The second kappa shape index (κ2) is 7.48. The van der Waals surface area contributed by atoms with Gasteiger partial charge < -0.3 is 10.2 Å². The lowest BCUT2D eigenvalue weighted by Crippen LogP contribution is -2.36. The smallest absolute Gasteiger partial charge is 0.233 e. The molecule has 0 spiro atoms. The third-order valence-electron chi connectivity index (χ3n) is 4.66. The molecule has 1 amide bonds. The van der Waals surface area contributed by atoms with Crippen molar-refractivity contribution >= 4 is 33.9 Å². The lowest BCUT2D eigenvalue weighted by atomic mass is 9.99. The number of hydrogen-bond acceptors (Lipinski definition) is 5. The SMILES string of the molecule is Cc1ccc2c(c1)CCCN2C(=O)Cc1csc(Nc2cccc(C)n2)n1. The Morgan fingerprint density at radius 2 is 2.11 bits per heavy atom. The maximum absolute atomic E-state index is 12.9. The summed E-state index contributed by atoms with van der Waals surface area (Å²) in [5, 5.41) is 5.91. The average molecular weight is 379 g/mol. The molecule has 1 N–H and O–H groups in total. The molecule has 138 valence electrons. The molecule has 0 aliphatic carbocycles. The van der Waals surface area contributed by atoms with Crippen molar-refractivity contribution in [3.05, 3.63) is 64.3 Å². The zero-order valence-corrected chi connectivity index (χ0v) is 16.3. The van der Waals surface area contributed by atoms with Crippen LogP contribution in [0, 0.1) is 13.8 Å². The van der Waals surface area contributed by atoms with Gasteiger partial charge in [-0.25, -0.2) is 9.97 Å². The summed E-state index contributed by atoms with van der Waals surface area (Å²) >= 11 is 1.49. The van der Waals surface area contributed by atoms with Crippen LogP contribution < -0.4 is 10.2 Å². The molecule has 0 radical (unpaired) electrons. The maximum atomic E-state index is 12.9. The normalized spacial score (nSPS) is 13.3. The minimum atomic E-state index is 0.102. The molecule has 2 aromatic heterocycles. The van der Waals surface area contributed by atoms with Gasteiger partial charge >= 0.3 is 0 Å². The van der Waals surface area contributed by atoms with E-state index < -0.39 is 0 Å². The number of carbonyl (C=O) groups is 1. The minimum absolute atomic E-state index is 0.102. The van der Waals surface area contributed by atoms with Gasteiger partial charge in [0.25, 0.3) is 0 Å². The van der Waals surface area contributed by atoms with Gasteiger partial charge in [-0.1, -0.05) is 23.8 Å². The van der Waals surface area contributed by atoms with E-state index in [-0.39, 0.29) is 5.91 Å². The number of benzene rings is 1. The number of hydrogen-bond donors (Lipinski definition) is 1. The summed E-state index contributed by atoms with van der Waals surface area (Å²) in [4.78, 5) is 23.8. The fourth-order valence-corrected chi connectivity index (χ4v) is 4.12. The number of rotatable bonds is 4. The Kier molecular flexibility index (Phi) is 4.90. The number of anilines is 3. The number of aryl methyl sites for hydroxylation is 3. The van der Waals surface area contributed by atoms with Crippen molar-refractivity contribution in [3.63, 3.8) is 0 Å². The first kappa shape index (κ1) is 17.7. The van der Waals surface area contributed by atoms with E-state index in [0.717, 1.165) is 47.4 Å². The molecule has 0 unspecified atom stereocenters. The summed E-state index contributed by atoms with van der Waals surface area (Å²) in [6.45, 7) is 4.82. The van der Waals surface area contributed by atoms with E-state index >= 15 is 0 Å². The van der Waals surface area contributed by atoms with Crippen molar-refractivity contribution in [2.24, 2.45) is 0 Å². The zero-order chi connectivity index (χ0) is 18.8. The zero-order valence-electron chi connectivity index (χ0n) is 15.5. The van der Waals surface area contributed by atoms with Crippen molar-refractivity contribution in [2.75, 3.05) is 16.8 Å². The highest BCUT2D eigenvalue weighted by molar-refractivity contribution is 7.13. The molecule has 27 heavy (non-hydrogen) atoms. The van der Waals surface area contributed by atoms with Crippen LogP contribution in [0.4, 0.5) is 16.6 Å². The van der Waals surface area contributed by atoms with Crippen molar-refractivity contribution in [1.82, 2.24) is 9.97 Å². The van der Waals surface area contributed by atoms with E-state index in [1.807, 2.05) is 35.4 Å². The van der Waals surface area contributed by atoms with Gasteiger partial charge in [-0.15, -0.1) is 11.3 Å². The monoisotopic (exact) mass is 378 g/mol. The second-order valence-corrected chi connectivity index (χ2v) is 7.75. The molecular weight excluding hydrogens is 356 g/mol. The predicted octanol–water partition coefficient (Wildman–Crippen LogP) is 4.42. The number of pyridine rings is 1. The van der Waals surface area contributed by atoms with Crippen LogP contribution in [0.1, 0.15) is 28.9 Å². The maximum Gasteiger partial charge on any atom is 0.233 e. The van der Waals surface area contributed by atoms with Gasteiger partial charge in [0.05, 0.1) is 12.1 Å². The van der Waals surface area contributed by atoms with Crippen molar-refractivity contribution in [3.8, 4) is 0 Å². The molecular formula is C21H22N4OS. The molecule has 0 saturated heterocycles. The van der Waals surface area contributed by atoms with Gasteiger partial charge in [0.2, 0.25) is 5.91 Å². The van der Waals surface area contributed by atoms with Gasteiger partial charge in [0, 0.05) is 23.3 Å².